The normalized spacial score (nSPS) is 12.4. The Hall–Kier alpha value is -2.64. The Morgan fingerprint density at radius 2 is 1.46 bits per heavy atom. The highest BCUT2D eigenvalue weighted by Gasteiger charge is 2.42. The van der Waals surface area contributed by atoms with Gasteiger partial charge in [-0.15, -0.1) is 0 Å². The first-order valence-corrected chi connectivity index (χ1v) is 12.2. The summed E-state index contributed by atoms with van der Waals surface area (Å²) < 4.78 is 78.9. The van der Waals surface area contributed by atoms with Crippen LogP contribution < -0.4 is 4.74 Å². The lowest BCUT2D eigenvalue weighted by Gasteiger charge is -2.20. The Morgan fingerprint density at radius 3 is 2.09 bits per heavy atom. The second kappa shape index (κ2) is 14.0. The number of unbranched alkanes of at least 4 members (excludes halogenated alkanes) is 6. The third kappa shape index (κ3) is 8.82. The third-order valence-corrected chi connectivity index (χ3v) is 5.67. The summed E-state index contributed by atoms with van der Waals surface area (Å²) in [7, 11) is 0. The maximum atomic E-state index is 14.7. The molecule has 1 unspecified atom stereocenters. The van der Waals surface area contributed by atoms with Crippen molar-refractivity contribution >= 4 is 5.97 Å². The third-order valence-electron chi connectivity index (χ3n) is 5.67. The van der Waals surface area contributed by atoms with Crippen LogP contribution in [0.2, 0.25) is 0 Å². The minimum absolute atomic E-state index is 0.125. The van der Waals surface area contributed by atoms with Crippen molar-refractivity contribution in [3.8, 4) is 16.9 Å². The minimum Gasteiger partial charge on any atom is -0.494 e. The molecule has 1 atom stereocenters. The van der Waals surface area contributed by atoms with Crippen LogP contribution in [0.15, 0.2) is 36.4 Å². The first-order chi connectivity index (χ1) is 16.7. The van der Waals surface area contributed by atoms with E-state index in [9.17, 15) is 26.7 Å². The van der Waals surface area contributed by atoms with Gasteiger partial charge in [-0.25, -0.2) is 13.6 Å². The molecule has 0 saturated carbocycles. The van der Waals surface area contributed by atoms with Gasteiger partial charge in [-0.05, 0) is 43.0 Å². The van der Waals surface area contributed by atoms with Gasteiger partial charge in [0.2, 0.25) is 0 Å². The highest BCUT2D eigenvalue weighted by Crippen LogP contribution is 2.31. The summed E-state index contributed by atoms with van der Waals surface area (Å²) in [4.78, 5) is 12.2. The zero-order valence-corrected chi connectivity index (χ0v) is 20.2. The van der Waals surface area contributed by atoms with Crippen LogP contribution in [0.3, 0.4) is 0 Å². The molecule has 35 heavy (non-hydrogen) atoms. The SMILES string of the molecule is CCCCCCCCOc1ccc(-c2ccc(C(=O)OC(CCCC)C(F)(F)F)c(F)c2F)cc1. The summed E-state index contributed by atoms with van der Waals surface area (Å²) in [5, 5.41) is 0. The van der Waals surface area contributed by atoms with E-state index in [1.165, 1.54) is 25.7 Å². The average molecular weight is 501 g/mol. The summed E-state index contributed by atoms with van der Waals surface area (Å²) in [6, 6.07) is 8.46. The molecule has 0 saturated heterocycles. The van der Waals surface area contributed by atoms with E-state index in [4.69, 9.17) is 4.74 Å². The van der Waals surface area contributed by atoms with Crippen LogP contribution in [-0.2, 0) is 4.74 Å². The van der Waals surface area contributed by atoms with E-state index in [0.29, 0.717) is 24.3 Å². The number of rotatable bonds is 14. The maximum absolute atomic E-state index is 14.7. The molecule has 0 aliphatic rings. The fourth-order valence-corrected chi connectivity index (χ4v) is 3.60. The molecule has 2 aromatic rings. The number of carbonyl (C=O) groups excluding carboxylic acids is 1. The average Bonchev–Trinajstić information content (AvgIpc) is 2.82. The molecule has 2 rings (SSSR count). The van der Waals surface area contributed by atoms with Gasteiger partial charge in [0.25, 0.3) is 0 Å². The lowest BCUT2D eigenvalue weighted by molar-refractivity contribution is -0.206. The molecule has 194 valence electrons. The number of hydrogen-bond acceptors (Lipinski definition) is 3. The smallest absolute Gasteiger partial charge is 0.425 e. The van der Waals surface area contributed by atoms with Gasteiger partial charge in [-0.1, -0.05) is 70.6 Å². The summed E-state index contributed by atoms with van der Waals surface area (Å²) >= 11 is 0. The predicted octanol–water partition coefficient (Wildman–Crippen LogP) is 8.65. The van der Waals surface area contributed by atoms with Crippen molar-refractivity contribution in [2.75, 3.05) is 6.61 Å². The van der Waals surface area contributed by atoms with Crippen LogP contribution >= 0.6 is 0 Å². The molecule has 0 amide bonds. The van der Waals surface area contributed by atoms with E-state index in [2.05, 4.69) is 11.7 Å². The highest BCUT2D eigenvalue weighted by molar-refractivity contribution is 5.90. The van der Waals surface area contributed by atoms with Crippen molar-refractivity contribution in [3.05, 3.63) is 53.6 Å². The lowest BCUT2D eigenvalue weighted by atomic mass is 10.0. The fourth-order valence-electron chi connectivity index (χ4n) is 3.60. The highest BCUT2D eigenvalue weighted by atomic mass is 19.4. The summed E-state index contributed by atoms with van der Waals surface area (Å²) in [6.07, 6.45) is -0.161. The van der Waals surface area contributed by atoms with Gasteiger partial charge < -0.3 is 9.47 Å². The van der Waals surface area contributed by atoms with Gasteiger partial charge in [-0.2, -0.15) is 13.2 Å². The van der Waals surface area contributed by atoms with Crippen LogP contribution in [0.4, 0.5) is 22.0 Å². The largest absolute Gasteiger partial charge is 0.494 e. The van der Waals surface area contributed by atoms with Crippen molar-refractivity contribution in [2.45, 2.75) is 83.9 Å². The second-order valence-corrected chi connectivity index (χ2v) is 8.51. The van der Waals surface area contributed by atoms with E-state index in [0.717, 1.165) is 25.0 Å². The summed E-state index contributed by atoms with van der Waals surface area (Å²) in [5.41, 5.74) is -0.667. The molecule has 3 nitrogen and oxygen atoms in total. The van der Waals surface area contributed by atoms with Crippen LogP contribution in [-0.4, -0.2) is 24.9 Å². The molecule has 0 heterocycles. The van der Waals surface area contributed by atoms with Crippen LogP contribution in [0.25, 0.3) is 11.1 Å². The first-order valence-electron chi connectivity index (χ1n) is 12.2. The van der Waals surface area contributed by atoms with Gasteiger partial charge in [-0.3, -0.25) is 0 Å². The fraction of sp³-hybridized carbons (Fsp3) is 0.519. The van der Waals surface area contributed by atoms with Gasteiger partial charge in [0.05, 0.1) is 12.2 Å². The Morgan fingerprint density at radius 1 is 0.829 bits per heavy atom. The van der Waals surface area contributed by atoms with Crippen molar-refractivity contribution in [2.24, 2.45) is 0 Å². The molecule has 0 spiro atoms. The van der Waals surface area contributed by atoms with E-state index in [-0.39, 0.29) is 12.0 Å². The van der Waals surface area contributed by atoms with Crippen LogP contribution in [0, 0.1) is 11.6 Å². The molecular formula is C27H33F5O3. The molecule has 0 aliphatic heterocycles. The van der Waals surface area contributed by atoms with Crippen LogP contribution in [0.5, 0.6) is 5.75 Å². The Kier molecular flexibility index (Phi) is 11.5. The van der Waals surface area contributed by atoms with Crippen molar-refractivity contribution in [1.29, 1.82) is 0 Å². The quantitative estimate of drug-likeness (QED) is 0.148. The number of carbonyl (C=O) groups is 1. The monoisotopic (exact) mass is 500 g/mol. The van der Waals surface area contributed by atoms with Gasteiger partial charge in [0.1, 0.15) is 5.75 Å². The van der Waals surface area contributed by atoms with E-state index >= 15 is 0 Å². The van der Waals surface area contributed by atoms with Crippen molar-refractivity contribution in [3.63, 3.8) is 0 Å². The van der Waals surface area contributed by atoms with Crippen LogP contribution in [0.1, 0.15) is 82.0 Å². The van der Waals surface area contributed by atoms with Gasteiger partial charge in [0, 0.05) is 5.56 Å². The Labute approximate surface area is 203 Å². The Bertz CT molecular complexity index is 926. The van der Waals surface area contributed by atoms with Crippen molar-refractivity contribution in [1.82, 2.24) is 0 Å². The molecule has 2 aromatic carbocycles. The molecule has 0 radical (unpaired) electrons. The predicted molar refractivity (Wildman–Crippen MR) is 125 cm³/mol. The second-order valence-electron chi connectivity index (χ2n) is 8.51. The van der Waals surface area contributed by atoms with Crippen molar-refractivity contribution < 1.29 is 36.2 Å². The maximum Gasteiger partial charge on any atom is 0.425 e. The molecule has 0 bridgehead atoms. The van der Waals surface area contributed by atoms with E-state index in [1.54, 1.807) is 31.2 Å². The number of benzene rings is 2. The summed E-state index contributed by atoms with van der Waals surface area (Å²) in [6.45, 7) is 4.41. The molecule has 0 aromatic heterocycles. The minimum atomic E-state index is -4.79. The van der Waals surface area contributed by atoms with E-state index in [1.807, 2.05) is 0 Å². The number of alkyl halides is 3. The topological polar surface area (TPSA) is 35.5 Å². The lowest BCUT2D eigenvalue weighted by Crippen LogP contribution is -2.34. The molecule has 0 fully saturated rings. The number of ether oxygens (including phenoxy) is 2. The molecular weight excluding hydrogens is 467 g/mol. The van der Waals surface area contributed by atoms with Gasteiger partial charge >= 0.3 is 12.1 Å². The first kappa shape index (κ1) is 28.6. The number of halogens is 5. The summed E-state index contributed by atoms with van der Waals surface area (Å²) in [5.74, 6) is -3.84. The standard InChI is InChI=1S/C27H33F5O3/c1-3-5-7-8-9-10-18-34-20-14-12-19(13-15-20)21-16-17-22(25(29)24(21)28)26(33)35-23(11-6-4-2)27(30,31)32/h12-17,23H,3-11,18H2,1-2H3. The molecule has 0 N–H and O–H groups in total. The number of hydrogen-bond donors (Lipinski definition) is 0. The number of esters is 1. The van der Waals surface area contributed by atoms with Gasteiger partial charge in [0.15, 0.2) is 17.7 Å². The Balaban J connectivity index is 2.03. The zero-order chi connectivity index (χ0) is 25.8. The zero-order valence-electron chi connectivity index (χ0n) is 20.2. The van der Waals surface area contributed by atoms with E-state index < -0.39 is 41.9 Å². The molecule has 8 heteroatoms. The molecule has 0 aliphatic carbocycles.